The minimum Gasteiger partial charge on any atom is -0.356 e. The summed E-state index contributed by atoms with van der Waals surface area (Å²) in [6, 6.07) is 0.363. The Morgan fingerprint density at radius 2 is 1.68 bits per heavy atom. The lowest BCUT2D eigenvalue weighted by atomic mass is 9.65. The van der Waals surface area contributed by atoms with Gasteiger partial charge in [-0.25, -0.2) is 0 Å². The highest BCUT2D eigenvalue weighted by molar-refractivity contribution is 5.85. The number of carbonyl (C=O) groups is 1. The van der Waals surface area contributed by atoms with Crippen LogP contribution in [0.5, 0.6) is 0 Å². The first-order valence-corrected chi connectivity index (χ1v) is 9.16. The van der Waals surface area contributed by atoms with E-state index in [0.717, 1.165) is 25.3 Å². The monoisotopic (exact) mass is 328 g/mol. The molecule has 0 heterocycles. The normalized spacial score (nSPS) is 41.4. The number of nitrogens with two attached hydrogens (primary N) is 1. The highest BCUT2D eigenvalue weighted by Crippen LogP contribution is 2.41. The number of halogens is 1. The number of hydrogen-bond acceptors (Lipinski definition) is 2. The molecular formula is C18H33ClN2O. The van der Waals surface area contributed by atoms with E-state index in [1.807, 2.05) is 0 Å². The van der Waals surface area contributed by atoms with Crippen LogP contribution < -0.4 is 11.1 Å². The molecule has 2 bridgehead atoms. The zero-order valence-electron chi connectivity index (χ0n) is 13.9. The third-order valence-corrected chi connectivity index (χ3v) is 6.39. The van der Waals surface area contributed by atoms with Crippen LogP contribution in [-0.4, -0.2) is 18.5 Å². The van der Waals surface area contributed by atoms with E-state index in [9.17, 15) is 4.79 Å². The Labute approximate surface area is 141 Å². The maximum Gasteiger partial charge on any atom is 0.223 e. The van der Waals surface area contributed by atoms with Crippen LogP contribution in [0.2, 0.25) is 0 Å². The van der Waals surface area contributed by atoms with Crippen molar-refractivity contribution in [2.24, 2.45) is 35.3 Å². The van der Waals surface area contributed by atoms with Gasteiger partial charge in [0.15, 0.2) is 0 Å². The fourth-order valence-electron chi connectivity index (χ4n) is 5.14. The molecule has 3 fully saturated rings. The first-order chi connectivity index (χ1) is 10.1. The van der Waals surface area contributed by atoms with Crippen molar-refractivity contribution in [2.45, 2.75) is 70.8 Å². The summed E-state index contributed by atoms with van der Waals surface area (Å²) in [5.74, 6) is 3.31. The predicted octanol–water partition coefficient (Wildman–Crippen LogP) is 3.50. The molecule has 3 rings (SSSR count). The Hall–Kier alpha value is -0.280. The van der Waals surface area contributed by atoms with Gasteiger partial charge in [-0.15, -0.1) is 12.4 Å². The molecule has 0 spiro atoms. The van der Waals surface area contributed by atoms with Gasteiger partial charge >= 0.3 is 0 Å². The number of carbonyl (C=O) groups excluding carboxylic acids is 1. The zero-order chi connectivity index (χ0) is 14.8. The van der Waals surface area contributed by atoms with Gasteiger partial charge < -0.3 is 11.1 Å². The van der Waals surface area contributed by atoms with Crippen molar-refractivity contribution >= 4 is 18.3 Å². The lowest BCUT2D eigenvalue weighted by Gasteiger charge is -2.43. The van der Waals surface area contributed by atoms with Gasteiger partial charge in [0.1, 0.15) is 0 Å². The van der Waals surface area contributed by atoms with Gasteiger partial charge in [0.05, 0.1) is 0 Å². The maximum absolute atomic E-state index is 12.5. The molecule has 3 N–H and O–H groups in total. The van der Waals surface area contributed by atoms with Crippen LogP contribution >= 0.6 is 12.4 Å². The Balaban J connectivity index is 0.00000176. The molecule has 3 aliphatic carbocycles. The fraction of sp³-hybridized carbons (Fsp3) is 0.944. The SMILES string of the molecule is CC1CCCC(CNC(=O)C2CC3CCCC(C2)C3N)C1.Cl. The lowest BCUT2D eigenvalue weighted by Crippen LogP contribution is -2.49. The van der Waals surface area contributed by atoms with E-state index >= 15 is 0 Å². The average molecular weight is 329 g/mol. The minimum atomic E-state index is 0. The lowest BCUT2D eigenvalue weighted by molar-refractivity contribution is -0.128. The number of nitrogens with one attached hydrogen (secondary N) is 1. The second-order valence-electron chi connectivity index (χ2n) is 8.08. The molecule has 4 atom stereocenters. The van der Waals surface area contributed by atoms with Crippen molar-refractivity contribution in [3.63, 3.8) is 0 Å². The van der Waals surface area contributed by atoms with Crippen LogP contribution in [-0.2, 0) is 4.79 Å². The second kappa shape index (κ2) is 8.01. The van der Waals surface area contributed by atoms with Crippen LogP contribution in [0.4, 0.5) is 0 Å². The highest BCUT2D eigenvalue weighted by Gasteiger charge is 2.40. The number of hydrogen-bond donors (Lipinski definition) is 2. The summed E-state index contributed by atoms with van der Waals surface area (Å²) < 4.78 is 0. The third kappa shape index (κ3) is 4.17. The van der Waals surface area contributed by atoms with Crippen molar-refractivity contribution in [1.82, 2.24) is 5.32 Å². The summed E-state index contributed by atoms with van der Waals surface area (Å²) >= 11 is 0. The van der Waals surface area contributed by atoms with Gasteiger partial charge in [0, 0.05) is 18.5 Å². The highest BCUT2D eigenvalue weighted by atomic mass is 35.5. The summed E-state index contributed by atoms with van der Waals surface area (Å²) in [5.41, 5.74) is 6.32. The summed E-state index contributed by atoms with van der Waals surface area (Å²) in [4.78, 5) is 12.5. The number of fused-ring (bicyclic) bond motifs is 2. The van der Waals surface area contributed by atoms with Gasteiger partial charge in [-0.1, -0.05) is 26.2 Å². The topological polar surface area (TPSA) is 55.1 Å². The van der Waals surface area contributed by atoms with Crippen LogP contribution in [0, 0.1) is 29.6 Å². The van der Waals surface area contributed by atoms with Crippen molar-refractivity contribution in [3.8, 4) is 0 Å². The van der Waals surface area contributed by atoms with E-state index in [0.29, 0.717) is 29.7 Å². The summed E-state index contributed by atoms with van der Waals surface area (Å²) in [7, 11) is 0. The third-order valence-electron chi connectivity index (χ3n) is 6.39. The molecule has 0 saturated heterocycles. The Kier molecular flexibility index (Phi) is 6.58. The number of rotatable bonds is 3. The fourth-order valence-corrected chi connectivity index (χ4v) is 5.14. The molecular weight excluding hydrogens is 296 g/mol. The van der Waals surface area contributed by atoms with Gasteiger partial charge in [-0.2, -0.15) is 0 Å². The molecule has 22 heavy (non-hydrogen) atoms. The van der Waals surface area contributed by atoms with E-state index in [2.05, 4.69) is 12.2 Å². The molecule has 3 aliphatic rings. The molecule has 0 aliphatic heterocycles. The molecule has 128 valence electrons. The average Bonchev–Trinajstić information content (AvgIpc) is 2.44. The van der Waals surface area contributed by atoms with E-state index in [1.54, 1.807) is 0 Å². The molecule has 0 aromatic rings. The van der Waals surface area contributed by atoms with E-state index in [-0.39, 0.29) is 18.3 Å². The maximum atomic E-state index is 12.5. The summed E-state index contributed by atoms with van der Waals surface area (Å²) in [6.07, 6.45) is 11.2. The molecule has 3 nitrogen and oxygen atoms in total. The van der Waals surface area contributed by atoms with Crippen LogP contribution in [0.3, 0.4) is 0 Å². The van der Waals surface area contributed by atoms with E-state index in [4.69, 9.17) is 5.73 Å². The van der Waals surface area contributed by atoms with Gasteiger partial charge in [0.2, 0.25) is 5.91 Å². The van der Waals surface area contributed by atoms with Crippen LogP contribution in [0.25, 0.3) is 0 Å². The molecule has 4 heteroatoms. The van der Waals surface area contributed by atoms with E-state index < -0.39 is 0 Å². The van der Waals surface area contributed by atoms with Crippen molar-refractivity contribution in [1.29, 1.82) is 0 Å². The molecule has 0 aromatic carbocycles. The molecule has 0 aromatic heterocycles. The van der Waals surface area contributed by atoms with Crippen molar-refractivity contribution in [2.75, 3.05) is 6.54 Å². The Bertz CT molecular complexity index is 362. The standard InChI is InChI=1S/C18H32N2O.ClH/c1-12-4-2-5-13(8-12)11-20-18(21)16-9-14-6-3-7-15(10-16)17(14)19;/h12-17H,2-11,19H2,1H3,(H,20,21);1H. The predicted molar refractivity (Wildman–Crippen MR) is 92.9 cm³/mol. The van der Waals surface area contributed by atoms with Gasteiger partial charge in [0.25, 0.3) is 0 Å². The molecule has 1 amide bonds. The minimum absolute atomic E-state index is 0. The molecule has 0 radical (unpaired) electrons. The number of amides is 1. The van der Waals surface area contributed by atoms with Crippen LogP contribution in [0.15, 0.2) is 0 Å². The van der Waals surface area contributed by atoms with E-state index in [1.165, 1.54) is 44.9 Å². The second-order valence-corrected chi connectivity index (χ2v) is 8.08. The van der Waals surface area contributed by atoms with Gasteiger partial charge in [-0.3, -0.25) is 4.79 Å². The first kappa shape index (κ1) is 18.1. The Morgan fingerprint density at radius 1 is 1.05 bits per heavy atom. The Morgan fingerprint density at radius 3 is 2.32 bits per heavy atom. The smallest absolute Gasteiger partial charge is 0.223 e. The summed E-state index contributed by atoms with van der Waals surface area (Å²) in [6.45, 7) is 3.25. The quantitative estimate of drug-likeness (QED) is 0.833. The largest absolute Gasteiger partial charge is 0.356 e. The zero-order valence-corrected chi connectivity index (χ0v) is 14.7. The summed E-state index contributed by atoms with van der Waals surface area (Å²) in [5, 5.41) is 3.27. The van der Waals surface area contributed by atoms with Gasteiger partial charge in [-0.05, 0) is 62.2 Å². The molecule has 3 saturated carbocycles. The molecule has 4 unspecified atom stereocenters. The van der Waals surface area contributed by atoms with Crippen LogP contribution in [0.1, 0.15) is 64.7 Å². The first-order valence-electron chi connectivity index (χ1n) is 9.16. The van der Waals surface area contributed by atoms with Crippen molar-refractivity contribution in [3.05, 3.63) is 0 Å². The van der Waals surface area contributed by atoms with Crippen molar-refractivity contribution < 1.29 is 4.79 Å².